The molecular weight excluding hydrogens is 430 g/mol. The highest BCUT2D eigenvalue weighted by atomic mass is 16.5. The van der Waals surface area contributed by atoms with Crippen molar-refractivity contribution in [2.24, 2.45) is 0 Å². The SMILES string of the molecule is C#CC1=C(/C=C\C)CN(C[C@@H](O)CN2CCc3cc(OC4CN(C(C)=O)C4)ccc3C2=O)CC1. The van der Waals surface area contributed by atoms with Gasteiger partial charge in [-0.25, -0.2) is 0 Å². The number of rotatable bonds is 7. The van der Waals surface area contributed by atoms with Crippen molar-refractivity contribution in [2.75, 3.05) is 45.8 Å². The number of aliphatic hydroxyl groups is 1. The summed E-state index contributed by atoms with van der Waals surface area (Å²) in [6, 6.07) is 5.56. The van der Waals surface area contributed by atoms with Crippen LogP contribution in [-0.2, 0) is 11.2 Å². The minimum atomic E-state index is -0.629. The zero-order valence-corrected chi connectivity index (χ0v) is 20.0. The van der Waals surface area contributed by atoms with Crippen LogP contribution in [0.2, 0.25) is 0 Å². The van der Waals surface area contributed by atoms with Gasteiger partial charge in [0.15, 0.2) is 0 Å². The third kappa shape index (κ3) is 5.35. The molecule has 1 N–H and O–H groups in total. The van der Waals surface area contributed by atoms with Gasteiger partial charge < -0.3 is 19.6 Å². The molecule has 7 nitrogen and oxygen atoms in total. The lowest BCUT2D eigenvalue weighted by Crippen LogP contribution is -2.55. The first kappa shape index (κ1) is 24.1. The molecule has 3 heterocycles. The fourth-order valence-corrected chi connectivity index (χ4v) is 4.85. The van der Waals surface area contributed by atoms with Gasteiger partial charge in [0.2, 0.25) is 5.91 Å². The Kier molecular flexibility index (Phi) is 7.40. The largest absolute Gasteiger partial charge is 0.487 e. The molecule has 3 aliphatic rings. The smallest absolute Gasteiger partial charge is 0.254 e. The van der Waals surface area contributed by atoms with E-state index >= 15 is 0 Å². The second kappa shape index (κ2) is 10.5. The second-order valence-electron chi connectivity index (χ2n) is 9.27. The van der Waals surface area contributed by atoms with E-state index in [1.165, 1.54) is 0 Å². The Morgan fingerprint density at radius 1 is 1.29 bits per heavy atom. The normalized spacial score (nSPS) is 20.2. The fourth-order valence-electron chi connectivity index (χ4n) is 4.85. The van der Waals surface area contributed by atoms with E-state index in [0.717, 1.165) is 41.8 Å². The number of hydrogen-bond acceptors (Lipinski definition) is 5. The zero-order valence-electron chi connectivity index (χ0n) is 20.0. The van der Waals surface area contributed by atoms with Crippen molar-refractivity contribution in [3.8, 4) is 18.1 Å². The molecule has 1 aromatic rings. The predicted octanol–water partition coefficient (Wildman–Crippen LogP) is 1.87. The molecule has 0 saturated carbocycles. The van der Waals surface area contributed by atoms with Crippen LogP contribution in [0.25, 0.3) is 0 Å². The van der Waals surface area contributed by atoms with Gasteiger partial charge in [-0.15, -0.1) is 6.42 Å². The monoisotopic (exact) mass is 463 g/mol. The molecule has 1 saturated heterocycles. The number of β-amino-alcohol motifs (C(OH)–C–C–N with tert-alkyl or cyclic N) is 1. The van der Waals surface area contributed by atoms with Crippen LogP contribution >= 0.6 is 0 Å². The summed E-state index contributed by atoms with van der Waals surface area (Å²) in [5, 5.41) is 10.7. The van der Waals surface area contributed by atoms with Crippen LogP contribution in [0.1, 0.15) is 36.2 Å². The number of nitrogens with zero attached hydrogens (tertiary/aromatic N) is 3. The third-order valence-electron chi connectivity index (χ3n) is 6.74. The number of hydrogen-bond donors (Lipinski definition) is 1. The lowest BCUT2D eigenvalue weighted by Gasteiger charge is -2.38. The standard InChI is InChI=1S/C27H33N3O4/c1-4-6-22-14-28(11-9-20(22)5-2)15-23(32)16-29-12-10-21-13-24(7-8-26(21)27(29)33)34-25-17-30(18-25)19(3)31/h2,4,6-8,13,23,25,32H,9-12,14-18H2,1,3H3/b6-4-/t23-/m1/s1. The van der Waals surface area contributed by atoms with Gasteiger partial charge in [0.25, 0.3) is 5.91 Å². The number of aliphatic hydroxyl groups excluding tert-OH is 1. The zero-order chi connectivity index (χ0) is 24.2. The molecule has 34 heavy (non-hydrogen) atoms. The quantitative estimate of drug-likeness (QED) is 0.625. The van der Waals surface area contributed by atoms with Crippen molar-refractivity contribution < 1.29 is 19.4 Å². The molecular formula is C27H33N3O4. The van der Waals surface area contributed by atoms with Crippen LogP contribution < -0.4 is 4.74 Å². The van der Waals surface area contributed by atoms with Crippen molar-refractivity contribution in [1.82, 2.24) is 14.7 Å². The molecule has 1 fully saturated rings. The Balaban J connectivity index is 1.31. The molecule has 1 aromatic carbocycles. The summed E-state index contributed by atoms with van der Waals surface area (Å²) in [7, 11) is 0. The molecule has 0 spiro atoms. The van der Waals surface area contributed by atoms with Crippen molar-refractivity contribution >= 4 is 11.8 Å². The maximum absolute atomic E-state index is 13.1. The summed E-state index contributed by atoms with van der Waals surface area (Å²) in [5.41, 5.74) is 3.79. The van der Waals surface area contributed by atoms with Gasteiger partial charge >= 0.3 is 0 Å². The lowest BCUT2D eigenvalue weighted by atomic mass is 9.98. The van der Waals surface area contributed by atoms with Gasteiger partial charge in [-0.3, -0.25) is 14.5 Å². The predicted molar refractivity (Wildman–Crippen MR) is 130 cm³/mol. The van der Waals surface area contributed by atoms with E-state index in [0.29, 0.717) is 44.8 Å². The lowest BCUT2D eigenvalue weighted by molar-refractivity contribution is -0.137. The molecule has 3 aliphatic heterocycles. The van der Waals surface area contributed by atoms with Gasteiger partial charge in [0, 0.05) is 50.8 Å². The first-order valence-corrected chi connectivity index (χ1v) is 11.9. The molecule has 7 heteroatoms. The fraction of sp³-hybridized carbons (Fsp3) is 0.481. The van der Waals surface area contributed by atoms with Crippen LogP contribution in [0.15, 0.2) is 41.5 Å². The third-order valence-corrected chi connectivity index (χ3v) is 6.74. The summed E-state index contributed by atoms with van der Waals surface area (Å²) in [6.45, 7) is 7.63. The highest BCUT2D eigenvalue weighted by Crippen LogP contribution is 2.26. The topological polar surface area (TPSA) is 73.3 Å². The first-order chi connectivity index (χ1) is 16.4. The molecule has 0 bridgehead atoms. The van der Waals surface area contributed by atoms with E-state index < -0.39 is 6.10 Å². The van der Waals surface area contributed by atoms with Crippen molar-refractivity contribution in [3.63, 3.8) is 0 Å². The Labute approximate surface area is 201 Å². The van der Waals surface area contributed by atoms with Crippen molar-refractivity contribution in [2.45, 2.75) is 38.9 Å². The Hall–Kier alpha value is -3.08. The van der Waals surface area contributed by atoms with Crippen LogP contribution in [0.5, 0.6) is 5.75 Å². The molecule has 0 unspecified atom stereocenters. The molecule has 1 atom stereocenters. The highest BCUT2D eigenvalue weighted by Gasteiger charge is 2.31. The minimum Gasteiger partial charge on any atom is -0.487 e. The van der Waals surface area contributed by atoms with E-state index in [2.05, 4.69) is 10.8 Å². The summed E-state index contributed by atoms with van der Waals surface area (Å²) in [4.78, 5) is 30.1. The van der Waals surface area contributed by atoms with Crippen LogP contribution in [0.3, 0.4) is 0 Å². The number of allylic oxidation sites excluding steroid dienone is 1. The second-order valence-corrected chi connectivity index (χ2v) is 9.27. The van der Waals surface area contributed by atoms with E-state index in [9.17, 15) is 14.7 Å². The summed E-state index contributed by atoms with van der Waals surface area (Å²) in [5.74, 6) is 3.52. The van der Waals surface area contributed by atoms with Crippen molar-refractivity contribution in [3.05, 3.63) is 52.6 Å². The summed E-state index contributed by atoms with van der Waals surface area (Å²) >= 11 is 0. The molecule has 180 valence electrons. The van der Waals surface area contributed by atoms with Gasteiger partial charge in [-0.1, -0.05) is 18.1 Å². The van der Waals surface area contributed by atoms with E-state index in [4.69, 9.17) is 11.2 Å². The van der Waals surface area contributed by atoms with Crippen LogP contribution in [0.4, 0.5) is 0 Å². The number of carbonyl (C=O) groups excluding carboxylic acids is 2. The maximum Gasteiger partial charge on any atom is 0.254 e. The minimum absolute atomic E-state index is 0.00238. The first-order valence-electron chi connectivity index (χ1n) is 11.9. The molecule has 0 aromatic heterocycles. The van der Waals surface area contributed by atoms with Gasteiger partial charge in [-0.05, 0) is 49.1 Å². The van der Waals surface area contributed by atoms with E-state index in [-0.39, 0.29) is 17.9 Å². The summed E-state index contributed by atoms with van der Waals surface area (Å²) in [6.07, 6.45) is 10.6. The Bertz CT molecular complexity index is 1050. The highest BCUT2D eigenvalue weighted by molar-refractivity contribution is 5.97. The molecule has 2 amide bonds. The van der Waals surface area contributed by atoms with Gasteiger partial charge in [0.05, 0.1) is 19.2 Å². The molecule has 4 rings (SSSR count). The van der Waals surface area contributed by atoms with Gasteiger partial charge in [0.1, 0.15) is 11.9 Å². The number of amides is 2. The average Bonchev–Trinajstić information content (AvgIpc) is 2.78. The van der Waals surface area contributed by atoms with Crippen LogP contribution in [-0.4, -0.2) is 89.6 Å². The van der Waals surface area contributed by atoms with E-state index in [1.54, 1.807) is 16.7 Å². The Morgan fingerprint density at radius 3 is 2.79 bits per heavy atom. The summed E-state index contributed by atoms with van der Waals surface area (Å²) < 4.78 is 5.96. The number of benzene rings is 1. The van der Waals surface area contributed by atoms with Gasteiger partial charge in [-0.2, -0.15) is 0 Å². The molecule has 0 aliphatic carbocycles. The average molecular weight is 464 g/mol. The number of terminal acetylenes is 1. The Morgan fingerprint density at radius 2 is 2.09 bits per heavy atom. The number of ether oxygens (including phenoxy) is 1. The van der Waals surface area contributed by atoms with Crippen LogP contribution in [0, 0.1) is 12.3 Å². The number of carbonyl (C=O) groups is 2. The maximum atomic E-state index is 13.1. The molecule has 0 radical (unpaired) electrons. The van der Waals surface area contributed by atoms with Crippen molar-refractivity contribution in [1.29, 1.82) is 0 Å². The number of fused-ring (bicyclic) bond motifs is 1. The number of likely N-dealkylation sites (tertiary alicyclic amines) is 1. The van der Waals surface area contributed by atoms with E-state index in [1.807, 2.05) is 37.3 Å².